The van der Waals surface area contributed by atoms with Crippen molar-refractivity contribution in [3.8, 4) is 0 Å². The van der Waals surface area contributed by atoms with Crippen LogP contribution in [0.4, 0.5) is 10.5 Å². The number of sulfonamides is 1. The van der Waals surface area contributed by atoms with E-state index in [1.165, 1.54) is 28.6 Å². The summed E-state index contributed by atoms with van der Waals surface area (Å²) in [5.41, 5.74) is 3.07. The molecular formula is C25H22N4O5S. The van der Waals surface area contributed by atoms with Gasteiger partial charge in [0.05, 0.1) is 10.6 Å². The Kier molecular flexibility index (Phi) is 5.32. The van der Waals surface area contributed by atoms with E-state index in [9.17, 15) is 22.8 Å². The van der Waals surface area contributed by atoms with Gasteiger partial charge in [-0.1, -0.05) is 54.6 Å². The molecule has 1 saturated heterocycles. The maximum Gasteiger partial charge on any atom is 0.344 e. The minimum absolute atomic E-state index is 0.00697. The minimum atomic E-state index is -3.92. The summed E-state index contributed by atoms with van der Waals surface area (Å²) < 4.78 is 28.0. The maximum atomic E-state index is 13.3. The number of hydrazine groups is 1. The highest BCUT2D eigenvalue weighted by molar-refractivity contribution is 7.92. The highest BCUT2D eigenvalue weighted by Crippen LogP contribution is 2.33. The molecule has 35 heavy (non-hydrogen) atoms. The Morgan fingerprint density at radius 2 is 1.69 bits per heavy atom. The first-order valence-corrected chi connectivity index (χ1v) is 12.4. The molecule has 0 bridgehead atoms. The average molecular weight is 491 g/mol. The monoisotopic (exact) mass is 490 g/mol. The third-order valence-electron chi connectivity index (χ3n) is 6.28. The van der Waals surface area contributed by atoms with Crippen LogP contribution in [0, 0.1) is 0 Å². The molecule has 3 aromatic rings. The number of para-hydroxylation sites is 1. The third-order valence-corrected chi connectivity index (χ3v) is 8.09. The molecule has 10 heteroatoms. The Balaban J connectivity index is 1.38. The molecule has 5 rings (SSSR count). The molecule has 0 aromatic heterocycles. The standard InChI is InChI=1S/C25H22N4O5S/c1-25(19-10-3-2-4-11-19)23(31)29(24(32)26-25)27-22(30)18-9-7-12-20(16-18)35(33,34)28-15-14-17-8-5-6-13-21(17)28/h2-13,16H,14-15H2,1H3,(H,26,32)(H,27,30)/t25-/m1/s1. The second kappa shape index (κ2) is 8.24. The fourth-order valence-corrected chi connectivity index (χ4v) is 5.91. The van der Waals surface area contributed by atoms with Crippen LogP contribution in [-0.2, 0) is 26.8 Å². The molecule has 9 nitrogen and oxygen atoms in total. The number of imide groups is 1. The largest absolute Gasteiger partial charge is 0.344 e. The summed E-state index contributed by atoms with van der Waals surface area (Å²) in [6, 6.07) is 20.7. The van der Waals surface area contributed by atoms with Gasteiger partial charge in [-0.25, -0.2) is 13.2 Å². The molecule has 0 saturated carbocycles. The molecule has 0 unspecified atom stereocenters. The molecule has 2 aliphatic rings. The van der Waals surface area contributed by atoms with Gasteiger partial charge in [-0.05, 0) is 48.7 Å². The predicted molar refractivity (Wildman–Crippen MR) is 128 cm³/mol. The van der Waals surface area contributed by atoms with Crippen LogP contribution in [0.3, 0.4) is 0 Å². The molecular weight excluding hydrogens is 468 g/mol. The number of urea groups is 1. The molecule has 4 amide bonds. The summed E-state index contributed by atoms with van der Waals surface area (Å²) in [7, 11) is -3.92. The van der Waals surface area contributed by atoms with Crippen LogP contribution in [0.25, 0.3) is 0 Å². The molecule has 0 radical (unpaired) electrons. The van der Waals surface area contributed by atoms with Crippen LogP contribution < -0.4 is 15.0 Å². The lowest BCUT2D eigenvalue weighted by molar-refractivity contribution is -0.132. The number of hydrogen-bond donors (Lipinski definition) is 2. The number of carbonyl (C=O) groups is 3. The summed E-state index contributed by atoms with van der Waals surface area (Å²) in [5, 5.41) is 3.22. The SMILES string of the molecule is C[C@]1(c2ccccc2)NC(=O)N(NC(=O)c2cccc(S(=O)(=O)N3CCc4ccccc43)c2)C1=O. The number of anilines is 1. The Bertz CT molecular complexity index is 1460. The minimum Gasteiger partial charge on any atom is -0.318 e. The van der Waals surface area contributed by atoms with Crippen LogP contribution in [0.5, 0.6) is 0 Å². The van der Waals surface area contributed by atoms with Crippen LogP contribution >= 0.6 is 0 Å². The topological polar surface area (TPSA) is 116 Å². The lowest BCUT2D eigenvalue weighted by Crippen LogP contribution is -2.48. The van der Waals surface area contributed by atoms with Gasteiger partial charge < -0.3 is 5.32 Å². The quantitative estimate of drug-likeness (QED) is 0.534. The van der Waals surface area contributed by atoms with Crippen molar-refractivity contribution in [3.05, 3.63) is 95.6 Å². The predicted octanol–water partition coefficient (Wildman–Crippen LogP) is 2.55. The van der Waals surface area contributed by atoms with Gasteiger partial charge >= 0.3 is 6.03 Å². The van der Waals surface area contributed by atoms with E-state index in [-0.39, 0.29) is 10.5 Å². The lowest BCUT2D eigenvalue weighted by atomic mass is 9.92. The van der Waals surface area contributed by atoms with Crippen molar-refractivity contribution < 1.29 is 22.8 Å². The van der Waals surface area contributed by atoms with Gasteiger partial charge in [0.1, 0.15) is 5.54 Å². The van der Waals surface area contributed by atoms with Crippen LogP contribution in [0.15, 0.2) is 83.8 Å². The zero-order chi connectivity index (χ0) is 24.8. The fourth-order valence-electron chi connectivity index (χ4n) is 4.36. The van der Waals surface area contributed by atoms with Crippen molar-refractivity contribution in [2.45, 2.75) is 23.8 Å². The van der Waals surface area contributed by atoms with E-state index in [1.807, 2.05) is 12.1 Å². The molecule has 1 atom stereocenters. The number of amides is 4. The van der Waals surface area contributed by atoms with E-state index in [1.54, 1.807) is 49.4 Å². The second-order valence-electron chi connectivity index (χ2n) is 8.49. The smallest absolute Gasteiger partial charge is 0.318 e. The molecule has 0 spiro atoms. The summed E-state index contributed by atoms with van der Waals surface area (Å²) in [6.45, 7) is 1.86. The van der Waals surface area contributed by atoms with E-state index in [4.69, 9.17) is 0 Å². The van der Waals surface area contributed by atoms with E-state index < -0.39 is 33.4 Å². The number of nitrogens with zero attached hydrogens (tertiary/aromatic N) is 2. The summed E-state index contributed by atoms with van der Waals surface area (Å²) in [5.74, 6) is -1.44. The van der Waals surface area contributed by atoms with Gasteiger partial charge in [0, 0.05) is 12.1 Å². The number of rotatable bonds is 5. The molecule has 2 heterocycles. The number of fused-ring (bicyclic) bond motifs is 1. The van der Waals surface area contributed by atoms with Gasteiger partial charge in [0.15, 0.2) is 0 Å². The van der Waals surface area contributed by atoms with Crippen LogP contribution in [-0.4, -0.2) is 37.8 Å². The molecule has 3 aromatic carbocycles. The van der Waals surface area contributed by atoms with Crippen molar-refractivity contribution in [3.63, 3.8) is 0 Å². The zero-order valence-corrected chi connectivity index (χ0v) is 19.6. The molecule has 2 N–H and O–H groups in total. The van der Waals surface area contributed by atoms with Gasteiger partial charge in [-0.15, -0.1) is 0 Å². The summed E-state index contributed by atoms with van der Waals surface area (Å²) in [6.07, 6.45) is 0.599. The van der Waals surface area contributed by atoms with Crippen molar-refractivity contribution in [2.24, 2.45) is 0 Å². The molecule has 1 fully saturated rings. The van der Waals surface area contributed by atoms with Gasteiger partial charge in [0.25, 0.3) is 21.8 Å². The average Bonchev–Trinajstić information content (AvgIpc) is 3.40. The Labute approximate surface area is 202 Å². The second-order valence-corrected chi connectivity index (χ2v) is 10.3. The van der Waals surface area contributed by atoms with Crippen molar-refractivity contribution in [1.29, 1.82) is 0 Å². The summed E-state index contributed by atoms with van der Waals surface area (Å²) in [4.78, 5) is 38.5. The highest BCUT2D eigenvalue weighted by Gasteiger charge is 2.50. The van der Waals surface area contributed by atoms with Crippen molar-refractivity contribution in [2.75, 3.05) is 10.8 Å². The normalized spacial score (nSPS) is 19.5. The number of hydrogen-bond acceptors (Lipinski definition) is 5. The first-order valence-electron chi connectivity index (χ1n) is 11.0. The van der Waals surface area contributed by atoms with Gasteiger partial charge in [-0.2, -0.15) is 5.01 Å². The Morgan fingerprint density at radius 1 is 0.971 bits per heavy atom. The first kappa shape index (κ1) is 22.6. The van der Waals surface area contributed by atoms with Crippen molar-refractivity contribution in [1.82, 2.24) is 15.8 Å². The fraction of sp³-hybridized carbons (Fsp3) is 0.160. The van der Waals surface area contributed by atoms with Crippen LogP contribution in [0.1, 0.15) is 28.4 Å². The van der Waals surface area contributed by atoms with E-state index in [2.05, 4.69) is 10.7 Å². The lowest BCUT2D eigenvalue weighted by Gasteiger charge is -2.22. The Morgan fingerprint density at radius 3 is 2.46 bits per heavy atom. The maximum absolute atomic E-state index is 13.3. The number of carbonyl (C=O) groups excluding carboxylic acids is 3. The summed E-state index contributed by atoms with van der Waals surface area (Å²) >= 11 is 0. The molecule has 178 valence electrons. The van der Waals surface area contributed by atoms with E-state index in [0.717, 1.165) is 5.56 Å². The molecule has 2 aliphatic heterocycles. The van der Waals surface area contributed by atoms with Crippen molar-refractivity contribution >= 4 is 33.6 Å². The number of benzene rings is 3. The highest BCUT2D eigenvalue weighted by atomic mass is 32.2. The van der Waals surface area contributed by atoms with Gasteiger partial charge in [0.2, 0.25) is 0 Å². The van der Waals surface area contributed by atoms with Gasteiger partial charge in [-0.3, -0.25) is 19.3 Å². The third kappa shape index (κ3) is 3.71. The van der Waals surface area contributed by atoms with E-state index >= 15 is 0 Å². The Hall–Kier alpha value is -4.18. The number of nitrogens with one attached hydrogen (secondary N) is 2. The van der Waals surface area contributed by atoms with E-state index in [0.29, 0.717) is 29.2 Å². The van der Waals surface area contributed by atoms with Crippen LogP contribution in [0.2, 0.25) is 0 Å². The zero-order valence-electron chi connectivity index (χ0n) is 18.8. The first-order chi connectivity index (χ1) is 16.7. The molecule has 0 aliphatic carbocycles.